The fourth-order valence-corrected chi connectivity index (χ4v) is 1.94. The number of carbonyl (C=O) groups is 2. The predicted octanol–water partition coefficient (Wildman–Crippen LogP) is 1.29. The topological polar surface area (TPSA) is 57.6 Å². The highest BCUT2D eigenvalue weighted by atomic mass is 16.4. The molecule has 0 aliphatic carbocycles. The van der Waals surface area contributed by atoms with Gasteiger partial charge in [-0.3, -0.25) is 14.5 Å². The van der Waals surface area contributed by atoms with Gasteiger partial charge < -0.3 is 5.11 Å². The Kier molecular flexibility index (Phi) is 4.75. The average molecular weight is 213 g/mol. The molecule has 1 aliphatic heterocycles. The molecule has 0 aromatic rings. The van der Waals surface area contributed by atoms with Crippen molar-refractivity contribution in [2.75, 3.05) is 13.1 Å². The van der Waals surface area contributed by atoms with Gasteiger partial charge in [0.05, 0.1) is 0 Å². The largest absolute Gasteiger partial charge is 0.480 e. The summed E-state index contributed by atoms with van der Waals surface area (Å²) in [5, 5.41) is 9.09. The highest BCUT2D eigenvalue weighted by Crippen LogP contribution is 2.14. The number of piperidine rings is 1. The van der Waals surface area contributed by atoms with Gasteiger partial charge in [0.25, 0.3) is 0 Å². The maximum absolute atomic E-state index is 11.1. The zero-order valence-corrected chi connectivity index (χ0v) is 9.24. The van der Waals surface area contributed by atoms with E-state index >= 15 is 0 Å². The van der Waals surface area contributed by atoms with Gasteiger partial charge in [0.15, 0.2) is 0 Å². The van der Waals surface area contributed by atoms with Gasteiger partial charge in [-0.15, -0.1) is 0 Å². The summed E-state index contributed by atoms with van der Waals surface area (Å²) in [5.41, 5.74) is 0. The number of rotatable bonds is 5. The van der Waals surface area contributed by atoms with Crippen molar-refractivity contribution in [2.24, 2.45) is 0 Å². The van der Waals surface area contributed by atoms with Crippen molar-refractivity contribution in [1.82, 2.24) is 4.90 Å². The van der Waals surface area contributed by atoms with Crippen LogP contribution in [0.15, 0.2) is 0 Å². The summed E-state index contributed by atoms with van der Waals surface area (Å²) in [6.45, 7) is 3.28. The average Bonchev–Trinajstić information content (AvgIpc) is 2.21. The van der Waals surface area contributed by atoms with Crippen LogP contribution < -0.4 is 0 Å². The lowest BCUT2D eigenvalue weighted by Gasteiger charge is -2.31. The van der Waals surface area contributed by atoms with E-state index in [2.05, 4.69) is 6.92 Å². The summed E-state index contributed by atoms with van der Waals surface area (Å²) in [4.78, 5) is 24.0. The maximum Gasteiger partial charge on any atom is 0.320 e. The second-order valence-electron chi connectivity index (χ2n) is 4.07. The summed E-state index contributed by atoms with van der Waals surface area (Å²) in [7, 11) is 0. The first-order valence-electron chi connectivity index (χ1n) is 5.63. The Balaban J connectivity index is 2.48. The first-order chi connectivity index (χ1) is 7.15. The number of hydrogen-bond donors (Lipinski definition) is 1. The van der Waals surface area contributed by atoms with E-state index in [4.69, 9.17) is 5.11 Å². The second-order valence-corrected chi connectivity index (χ2v) is 4.07. The molecule has 4 nitrogen and oxygen atoms in total. The number of carboxylic acids is 1. The summed E-state index contributed by atoms with van der Waals surface area (Å²) in [6, 6.07) is -0.391. The number of ketones is 1. The summed E-state index contributed by atoms with van der Waals surface area (Å²) < 4.78 is 0. The summed E-state index contributed by atoms with van der Waals surface area (Å²) >= 11 is 0. The minimum absolute atomic E-state index is 0.255. The predicted molar refractivity (Wildman–Crippen MR) is 56.8 cm³/mol. The van der Waals surface area contributed by atoms with Crippen LogP contribution in [0, 0.1) is 0 Å². The van der Waals surface area contributed by atoms with Gasteiger partial charge in [-0.05, 0) is 6.42 Å². The van der Waals surface area contributed by atoms with Crippen LogP contribution in [0.4, 0.5) is 0 Å². The number of likely N-dealkylation sites (tertiary alicyclic amines) is 1. The van der Waals surface area contributed by atoms with Gasteiger partial charge in [0.1, 0.15) is 11.8 Å². The molecule has 0 aromatic carbocycles. The van der Waals surface area contributed by atoms with Crippen molar-refractivity contribution in [1.29, 1.82) is 0 Å². The van der Waals surface area contributed by atoms with Gasteiger partial charge in [0.2, 0.25) is 0 Å². The van der Waals surface area contributed by atoms with Gasteiger partial charge in [-0.2, -0.15) is 0 Å². The summed E-state index contributed by atoms with van der Waals surface area (Å²) in [5.74, 6) is -0.497. The molecular weight excluding hydrogens is 194 g/mol. The normalized spacial score (nSPS) is 20.2. The molecule has 0 saturated carbocycles. The molecule has 1 fully saturated rings. The molecule has 1 heterocycles. The molecule has 0 aromatic heterocycles. The van der Waals surface area contributed by atoms with E-state index < -0.39 is 12.0 Å². The molecule has 0 amide bonds. The number of carbonyl (C=O) groups excluding carboxylic acids is 1. The van der Waals surface area contributed by atoms with E-state index in [0.29, 0.717) is 32.4 Å². The molecule has 0 spiro atoms. The Bertz CT molecular complexity index is 230. The molecule has 1 N–H and O–H groups in total. The molecule has 0 radical (unpaired) electrons. The number of aliphatic carboxylic acids is 1. The van der Waals surface area contributed by atoms with Crippen molar-refractivity contribution in [3.05, 3.63) is 0 Å². The van der Waals surface area contributed by atoms with Crippen LogP contribution in [0.5, 0.6) is 0 Å². The van der Waals surface area contributed by atoms with Crippen LogP contribution in [0.25, 0.3) is 0 Å². The lowest BCUT2D eigenvalue weighted by atomic mass is 10.0. The third-order valence-corrected chi connectivity index (χ3v) is 2.91. The highest BCUT2D eigenvalue weighted by molar-refractivity contribution is 5.80. The third-order valence-electron chi connectivity index (χ3n) is 2.91. The standard InChI is InChI=1S/C11H19NO3/c1-2-3-4-10(11(14)15)12-7-5-9(13)6-8-12/h10H,2-8H2,1H3,(H,14,15). The van der Waals surface area contributed by atoms with Gasteiger partial charge in [-0.1, -0.05) is 19.8 Å². The van der Waals surface area contributed by atoms with Gasteiger partial charge in [-0.25, -0.2) is 0 Å². The molecule has 1 atom stereocenters. The van der Waals surface area contributed by atoms with Gasteiger partial charge in [0, 0.05) is 25.9 Å². The van der Waals surface area contributed by atoms with E-state index in [1.54, 1.807) is 0 Å². The van der Waals surface area contributed by atoms with Crippen molar-refractivity contribution in [3.63, 3.8) is 0 Å². The summed E-state index contributed by atoms with van der Waals surface area (Å²) in [6.07, 6.45) is 3.66. The van der Waals surface area contributed by atoms with Crippen LogP contribution in [-0.4, -0.2) is 40.9 Å². The van der Waals surface area contributed by atoms with Crippen LogP contribution in [-0.2, 0) is 9.59 Å². The lowest BCUT2D eigenvalue weighted by Crippen LogP contribution is -2.45. The minimum atomic E-state index is -0.752. The first-order valence-corrected chi connectivity index (χ1v) is 5.63. The van der Waals surface area contributed by atoms with Crippen LogP contribution in [0.2, 0.25) is 0 Å². The lowest BCUT2D eigenvalue weighted by molar-refractivity contribution is -0.145. The van der Waals surface area contributed by atoms with E-state index in [1.165, 1.54) is 0 Å². The van der Waals surface area contributed by atoms with Crippen molar-refractivity contribution < 1.29 is 14.7 Å². The third kappa shape index (κ3) is 3.63. The number of nitrogens with zero attached hydrogens (tertiary/aromatic N) is 1. The number of unbranched alkanes of at least 4 members (excludes halogenated alkanes) is 1. The molecule has 0 bridgehead atoms. The molecule has 1 unspecified atom stereocenters. The smallest absolute Gasteiger partial charge is 0.320 e. The Morgan fingerprint density at radius 2 is 2.07 bits per heavy atom. The molecule has 4 heteroatoms. The van der Waals surface area contributed by atoms with E-state index in [-0.39, 0.29) is 5.78 Å². The fraction of sp³-hybridized carbons (Fsp3) is 0.818. The zero-order valence-electron chi connectivity index (χ0n) is 9.24. The molecule has 1 rings (SSSR count). The van der Waals surface area contributed by atoms with Crippen molar-refractivity contribution in [3.8, 4) is 0 Å². The Morgan fingerprint density at radius 3 is 2.53 bits per heavy atom. The van der Waals surface area contributed by atoms with E-state index in [1.807, 2.05) is 4.90 Å². The first kappa shape index (κ1) is 12.2. The van der Waals surface area contributed by atoms with Crippen LogP contribution >= 0.6 is 0 Å². The second kappa shape index (κ2) is 5.85. The van der Waals surface area contributed by atoms with Crippen molar-refractivity contribution in [2.45, 2.75) is 45.1 Å². The molecule has 15 heavy (non-hydrogen) atoms. The Labute approximate surface area is 90.3 Å². The number of Topliss-reactive ketones (excluding diaryl/α,β-unsaturated/α-hetero) is 1. The van der Waals surface area contributed by atoms with E-state index in [0.717, 1.165) is 12.8 Å². The minimum Gasteiger partial charge on any atom is -0.480 e. The van der Waals surface area contributed by atoms with Crippen LogP contribution in [0.1, 0.15) is 39.0 Å². The monoisotopic (exact) mass is 213 g/mol. The zero-order chi connectivity index (χ0) is 11.3. The Hall–Kier alpha value is -0.900. The SMILES string of the molecule is CCCCC(C(=O)O)N1CCC(=O)CC1. The maximum atomic E-state index is 11.1. The van der Waals surface area contributed by atoms with Gasteiger partial charge >= 0.3 is 5.97 Å². The van der Waals surface area contributed by atoms with E-state index in [9.17, 15) is 9.59 Å². The number of hydrogen-bond acceptors (Lipinski definition) is 3. The highest BCUT2D eigenvalue weighted by Gasteiger charge is 2.27. The molecule has 1 saturated heterocycles. The van der Waals surface area contributed by atoms with Crippen LogP contribution in [0.3, 0.4) is 0 Å². The molecule has 86 valence electrons. The van der Waals surface area contributed by atoms with Crippen molar-refractivity contribution >= 4 is 11.8 Å². The Morgan fingerprint density at radius 1 is 1.47 bits per heavy atom. The quantitative estimate of drug-likeness (QED) is 0.747. The fourth-order valence-electron chi connectivity index (χ4n) is 1.94. The molecular formula is C11H19NO3. The molecule has 1 aliphatic rings. The number of carboxylic acid groups (broad SMARTS) is 1.